The predicted octanol–water partition coefficient (Wildman–Crippen LogP) is 4.89. The zero-order chi connectivity index (χ0) is 21.5. The van der Waals surface area contributed by atoms with Crippen LogP contribution in [0, 0.1) is 5.82 Å². The van der Waals surface area contributed by atoms with E-state index >= 15 is 0 Å². The van der Waals surface area contributed by atoms with Crippen LogP contribution in [0.1, 0.15) is 43.2 Å². The Labute approximate surface area is 184 Å². The Morgan fingerprint density at radius 1 is 1.10 bits per heavy atom. The number of benzene rings is 2. The van der Waals surface area contributed by atoms with Crippen molar-refractivity contribution in [2.24, 2.45) is 0 Å². The van der Waals surface area contributed by atoms with Crippen LogP contribution in [0.25, 0.3) is 6.08 Å². The minimum Gasteiger partial charge on any atom is -0.492 e. The molecular weight excluding hydrogens is 391 g/mol. The number of carbonyl (C=O) groups excluding carboxylic acids is 1. The Bertz CT molecular complexity index is 904. The number of carbonyl (C=O) groups is 1. The number of ether oxygens (including phenoxy) is 1. The van der Waals surface area contributed by atoms with Gasteiger partial charge < -0.3 is 9.64 Å². The van der Waals surface area contributed by atoms with Crippen molar-refractivity contribution in [1.29, 1.82) is 0 Å². The number of halogens is 1. The van der Waals surface area contributed by atoms with Crippen molar-refractivity contribution >= 4 is 12.0 Å². The molecule has 4 nitrogen and oxygen atoms in total. The Morgan fingerprint density at radius 2 is 1.90 bits per heavy atom. The lowest BCUT2D eigenvalue weighted by Crippen LogP contribution is -2.33. The SMILES string of the molecule is O=C(/C=C/c1cccc(F)c1)N(Cc1cccc(OCCN2CCCCC2)c1)C1CC1. The van der Waals surface area contributed by atoms with Gasteiger partial charge in [0.25, 0.3) is 0 Å². The van der Waals surface area contributed by atoms with Gasteiger partial charge in [-0.05, 0) is 80.2 Å². The lowest BCUT2D eigenvalue weighted by atomic mass is 10.1. The van der Waals surface area contributed by atoms with Gasteiger partial charge in [0.15, 0.2) is 0 Å². The van der Waals surface area contributed by atoms with Crippen LogP contribution in [0.15, 0.2) is 54.6 Å². The third kappa shape index (κ3) is 6.66. The van der Waals surface area contributed by atoms with Gasteiger partial charge in [-0.1, -0.05) is 30.7 Å². The second-order valence-corrected chi connectivity index (χ2v) is 8.48. The van der Waals surface area contributed by atoms with Crippen LogP contribution in [0.5, 0.6) is 5.75 Å². The molecule has 2 aliphatic rings. The third-order valence-corrected chi connectivity index (χ3v) is 5.91. The number of hydrogen-bond acceptors (Lipinski definition) is 3. The number of nitrogens with zero attached hydrogens (tertiary/aromatic N) is 2. The summed E-state index contributed by atoms with van der Waals surface area (Å²) in [6.45, 7) is 4.54. The van der Waals surface area contributed by atoms with Crippen LogP contribution < -0.4 is 4.74 Å². The van der Waals surface area contributed by atoms with Crippen molar-refractivity contribution in [2.75, 3.05) is 26.2 Å². The molecule has 1 saturated heterocycles. The highest BCUT2D eigenvalue weighted by molar-refractivity contribution is 5.92. The van der Waals surface area contributed by atoms with Gasteiger partial charge >= 0.3 is 0 Å². The van der Waals surface area contributed by atoms with Gasteiger partial charge in [0.2, 0.25) is 5.91 Å². The summed E-state index contributed by atoms with van der Waals surface area (Å²) in [7, 11) is 0. The molecule has 1 amide bonds. The molecule has 1 aliphatic heterocycles. The predicted molar refractivity (Wildman–Crippen MR) is 121 cm³/mol. The number of rotatable bonds is 9. The average molecular weight is 423 g/mol. The van der Waals surface area contributed by atoms with E-state index in [4.69, 9.17) is 4.74 Å². The molecule has 0 atom stereocenters. The van der Waals surface area contributed by atoms with E-state index in [2.05, 4.69) is 4.90 Å². The van der Waals surface area contributed by atoms with E-state index < -0.39 is 0 Å². The zero-order valence-electron chi connectivity index (χ0n) is 18.0. The summed E-state index contributed by atoms with van der Waals surface area (Å²) in [4.78, 5) is 17.2. The fourth-order valence-electron chi connectivity index (χ4n) is 4.05. The first kappa shape index (κ1) is 21.6. The average Bonchev–Trinajstić information content (AvgIpc) is 3.62. The largest absolute Gasteiger partial charge is 0.492 e. The molecule has 0 aromatic heterocycles. The first-order valence-electron chi connectivity index (χ1n) is 11.4. The zero-order valence-corrected chi connectivity index (χ0v) is 18.0. The van der Waals surface area contributed by atoms with E-state index in [0.717, 1.165) is 30.7 Å². The van der Waals surface area contributed by atoms with E-state index in [1.54, 1.807) is 24.3 Å². The molecule has 4 rings (SSSR count). The van der Waals surface area contributed by atoms with Gasteiger partial charge in [0.1, 0.15) is 18.2 Å². The Hall–Kier alpha value is -2.66. The maximum atomic E-state index is 13.4. The molecule has 0 radical (unpaired) electrons. The summed E-state index contributed by atoms with van der Waals surface area (Å²) in [5, 5.41) is 0. The van der Waals surface area contributed by atoms with Gasteiger partial charge in [-0.3, -0.25) is 9.69 Å². The molecule has 164 valence electrons. The van der Waals surface area contributed by atoms with E-state index in [0.29, 0.717) is 18.7 Å². The summed E-state index contributed by atoms with van der Waals surface area (Å²) in [6, 6.07) is 14.6. The van der Waals surface area contributed by atoms with Gasteiger partial charge in [-0.2, -0.15) is 0 Å². The second-order valence-electron chi connectivity index (χ2n) is 8.48. The van der Waals surface area contributed by atoms with E-state index in [9.17, 15) is 9.18 Å². The summed E-state index contributed by atoms with van der Waals surface area (Å²) in [5.41, 5.74) is 1.75. The molecule has 1 aliphatic carbocycles. The number of hydrogen-bond donors (Lipinski definition) is 0. The van der Waals surface area contributed by atoms with Crippen molar-refractivity contribution in [3.63, 3.8) is 0 Å². The smallest absolute Gasteiger partial charge is 0.247 e. The topological polar surface area (TPSA) is 32.8 Å². The lowest BCUT2D eigenvalue weighted by Gasteiger charge is -2.26. The van der Waals surface area contributed by atoms with Crippen LogP contribution in [-0.4, -0.2) is 48.0 Å². The monoisotopic (exact) mass is 422 g/mol. The van der Waals surface area contributed by atoms with Crippen molar-refractivity contribution in [1.82, 2.24) is 9.80 Å². The summed E-state index contributed by atoms with van der Waals surface area (Å²) < 4.78 is 19.4. The fraction of sp³-hybridized carbons (Fsp3) is 0.423. The Kier molecular flexibility index (Phi) is 7.36. The maximum absolute atomic E-state index is 13.4. The molecule has 2 aromatic rings. The van der Waals surface area contributed by atoms with Crippen molar-refractivity contribution in [3.05, 3.63) is 71.6 Å². The maximum Gasteiger partial charge on any atom is 0.247 e. The first-order chi connectivity index (χ1) is 15.2. The minimum absolute atomic E-state index is 0.0387. The summed E-state index contributed by atoms with van der Waals surface area (Å²) >= 11 is 0. The molecule has 1 heterocycles. The van der Waals surface area contributed by atoms with Crippen molar-refractivity contribution in [2.45, 2.75) is 44.7 Å². The van der Waals surface area contributed by atoms with E-state index in [-0.39, 0.29) is 17.8 Å². The highest BCUT2D eigenvalue weighted by Crippen LogP contribution is 2.29. The molecular formula is C26H31FN2O2. The van der Waals surface area contributed by atoms with Gasteiger partial charge in [-0.15, -0.1) is 0 Å². The van der Waals surface area contributed by atoms with Crippen LogP contribution in [0.2, 0.25) is 0 Å². The van der Waals surface area contributed by atoms with Crippen LogP contribution in [0.4, 0.5) is 4.39 Å². The molecule has 0 bridgehead atoms. The molecule has 31 heavy (non-hydrogen) atoms. The minimum atomic E-state index is -0.300. The number of piperidine rings is 1. The fourth-order valence-corrected chi connectivity index (χ4v) is 4.05. The quantitative estimate of drug-likeness (QED) is 0.539. The highest BCUT2D eigenvalue weighted by atomic mass is 19.1. The molecule has 0 N–H and O–H groups in total. The molecule has 2 fully saturated rings. The molecule has 0 spiro atoms. The Balaban J connectivity index is 1.33. The highest BCUT2D eigenvalue weighted by Gasteiger charge is 2.31. The number of likely N-dealkylation sites (tertiary alicyclic amines) is 1. The molecule has 0 unspecified atom stereocenters. The van der Waals surface area contributed by atoms with Crippen LogP contribution >= 0.6 is 0 Å². The van der Waals surface area contributed by atoms with E-state index in [1.165, 1.54) is 44.5 Å². The standard InChI is InChI=1S/C26H31FN2O2/c27-23-8-4-6-21(18-23)10-13-26(30)29(24-11-12-24)20-22-7-5-9-25(19-22)31-17-16-28-14-2-1-3-15-28/h4-10,13,18-19,24H,1-3,11-12,14-17,20H2/b13-10+. The molecule has 5 heteroatoms. The van der Waals surface area contributed by atoms with Crippen LogP contribution in [-0.2, 0) is 11.3 Å². The van der Waals surface area contributed by atoms with Gasteiger partial charge in [0, 0.05) is 25.2 Å². The van der Waals surface area contributed by atoms with Crippen LogP contribution in [0.3, 0.4) is 0 Å². The number of amides is 1. The van der Waals surface area contributed by atoms with Crippen molar-refractivity contribution < 1.29 is 13.9 Å². The summed E-state index contributed by atoms with van der Waals surface area (Å²) in [5.74, 6) is 0.516. The Morgan fingerprint density at radius 3 is 2.68 bits per heavy atom. The van der Waals surface area contributed by atoms with Crippen molar-refractivity contribution in [3.8, 4) is 5.75 Å². The van der Waals surface area contributed by atoms with Gasteiger partial charge in [0.05, 0.1) is 0 Å². The molecule has 2 aromatic carbocycles. The van der Waals surface area contributed by atoms with E-state index in [1.807, 2.05) is 29.2 Å². The lowest BCUT2D eigenvalue weighted by molar-refractivity contribution is -0.127. The van der Waals surface area contributed by atoms with Gasteiger partial charge in [-0.25, -0.2) is 4.39 Å². The third-order valence-electron chi connectivity index (χ3n) is 5.91. The summed E-state index contributed by atoms with van der Waals surface area (Å²) in [6.07, 6.45) is 9.21. The molecule has 1 saturated carbocycles. The normalized spacial score (nSPS) is 17.1. The second kappa shape index (κ2) is 10.6. The first-order valence-corrected chi connectivity index (χ1v) is 11.4.